The molecule has 3 fully saturated rings. The van der Waals surface area contributed by atoms with Gasteiger partial charge in [0, 0.05) is 12.8 Å². The third kappa shape index (κ3) is 5.04. The molecule has 194 valence electrons. The van der Waals surface area contributed by atoms with Gasteiger partial charge in [-0.25, -0.2) is 0 Å². The van der Waals surface area contributed by atoms with Crippen molar-refractivity contribution in [1.82, 2.24) is 0 Å². The molecule has 0 saturated heterocycles. The van der Waals surface area contributed by atoms with Gasteiger partial charge in [0.2, 0.25) is 0 Å². The van der Waals surface area contributed by atoms with Crippen molar-refractivity contribution in [3.05, 3.63) is 11.6 Å². The molecule has 0 heterocycles. The average molecular weight is 471 g/mol. The van der Waals surface area contributed by atoms with Gasteiger partial charge in [-0.05, 0) is 97.2 Å². The molecule has 2 nitrogen and oxygen atoms in total. The van der Waals surface area contributed by atoms with E-state index in [0.717, 1.165) is 48.3 Å². The predicted octanol–water partition coefficient (Wildman–Crippen LogP) is 8.99. The second-order valence-corrected chi connectivity index (χ2v) is 14.2. The summed E-state index contributed by atoms with van der Waals surface area (Å²) in [6.45, 7) is 16.8. The quantitative estimate of drug-likeness (QED) is 0.261. The molecule has 0 aromatic heterocycles. The Balaban J connectivity index is 1.42. The highest BCUT2D eigenvalue weighted by atomic mass is 16.5. The van der Waals surface area contributed by atoms with Gasteiger partial charge >= 0.3 is 5.97 Å². The lowest BCUT2D eigenvalue weighted by atomic mass is 9.47. The van der Waals surface area contributed by atoms with Gasteiger partial charge in [0.1, 0.15) is 6.10 Å². The summed E-state index contributed by atoms with van der Waals surface area (Å²) in [5, 5.41) is 0. The van der Waals surface area contributed by atoms with Gasteiger partial charge in [-0.1, -0.05) is 79.4 Å². The van der Waals surface area contributed by atoms with E-state index >= 15 is 0 Å². The van der Waals surface area contributed by atoms with Crippen LogP contribution in [0.4, 0.5) is 0 Å². The maximum absolute atomic E-state index is 12.3. The third-order valence-electron chi connectivity index (χ3n) is 11.1. The maximum atomic E-state index is 12.3. The van der Waals surface area contributed by atoms with Crippen molar-refractivity contribution in [2.75, 3.05) is 0 Å². The topological polar surface area (TPSA) is 26.3 Å². The Morgan fingerprint density at radius 3 is 2.44 bits per heavy atom. The van der Waals surface area contributed by atoms with Crippen LogP contribution >= 0.6 is 0 Å². The first-order valence-electron chi connectivity index (χ1n) is 14.9. The van der Waals surface area contributed by atoms with Gasteiger partial charge in [0.25, 0.3) is 0 Å². The van der Waals surface area contributed by atoms with Crippen LogP contribution in [0.1, 0.15) is 126 Å². The van der Waals surface area contributed by atoms with Crippen molar-refractivity contribution in [2.24, 2.45) is 52.3 Å². The number of carbonyl (C=O) groups is 1. The highest BCUT2D eigenvalue weighted by molar-refractivity contribution is 5.69. The van der Waals surface area contributed by atoms with E-state index in [1.165, 1.54) is 57.8 Å². The average Bonchev–Trinajstić information content (AvgIpc) is 3.10. The Hall–Kier alpha value is -0.790. The molecule has 0 spiro atoms. The lowest BCUT2D eigenvalue weighted by Crippen LogP contribution is -2.51. The highest BCUT2D eigenvalue weighted by Crippen LogP contribution is 2.67. The van der Waals surface area contributed by atoms with Crippen molar-refractivity contribution in [1.29, 1.82) is 0 Å². The Morgan fingerprint density at radius 2 is 1.74 bits per heavy atom. The summed E-state index contributed by atoms with van der Waals surface area (Å²) >= 11 is 0. The van der Waals surface area contributed by atoms with Crippen molar-refractivity contribution >= 4 is 5.97 Å². The second kappa shape index (κ2) is 10.3. The first kappa shape index (κ1) is 26.3. The van der Waals surface area contributed by atoms with Gasteiger partial charge in [-0.3, -0.25) is 4.79 Å². The molecule has 8 atom stereocenters. The van der Waals surface area contributed by atoms with E-state index in [4.69, 9.17) is 4.74 Å². The number of fused-ring (bicyclic) bond motifs is 5. The maximum Gasteiger partial charge on any atom is 0.306 e. The molecule has 0 aliphatic heterocycles. The molecule has 2 heteroatoms. The molecule has 4 aliphatic rings. The van der Waals surface area contributed by atoms with Crippen LogP contribution in [0.25, 0.3) is 0 Å². The summed E-state index contributed by atoms with van der Waals surface area (Å²) in [6.07, 6.45) is 17.8. The number of esters is 1. The van der Waals surface area contributed by atoms with Gasteiger partial charge < -0.3 is 4.74 Å². The fourth-order valence-corrected chi connectivity index (χ4v) is 9.32. The molecule has 0 aromatic carbocycles. The van der Waals surface area contributed by atoms with Crippen molar-refractivity contribution in [3.63, 3.8) is 0 Å². The van der Waals surface area contributed by atoms with Crippen LogP contribution in [0.15, 0.2) is 11.6 Å². The van der Waals surface area contributed by atoms with Gasteiger partial charge in [0.15, 0.2) is 0 Å². The summed E-state index contributed by atoms with van der Waals surface area (Å²) in [7, 11) is 0. The fraction of sp³-hybridized carbons (Fsp3) is 0.906. The minimum absolute atomic E-state index is 0.00540. The molecule has 0 N–H and O–H groups in total. The smallest absolute Gasteiger partial charge is 0.306 e. The zero-order chi connectivity index (χ0) is 24.7. The van der Waals surface area contributed by atoms with Crippen LogP contribution in [0, 0.1) is 52.3 Å². The van der Waals surface area contributed by atoms with Crippen LogP contribution in [0.5, 0.6) is 0 Å². The SMILES string of the molecule is CC(C)CCC[C@@H](C)[C@H]1CCC2C3CC=C4C[C@@H](OC(=O)CC(C)C)CC[C@]4(C)C3CC[C@@]21C. The number of allylic oxidation sites excluding steroid dienone is 1. The summed E-state index contributed by atoms with van der Waals surface area (Å²) in [4.78, 5) is 12.3. The normalized spacial score (nSPS) is 40.4. The molecule has 4 rings (SSSR count). The lowest BCUT2D eigenvalue weighted by molar-refractivity contribution is -0.152. The monoisotopic (exact) mass is 470 g/mol. The Labute approximate surface area is 211 Å². The van der Waals surface area contributed by atoms with Crippen LogP contribution < -0.4 is 0 Å². The number of ether oxygens (including phenoxy) is 1. The molecule has 34 heavy (non-hydrogen) atoms. The van der Waals surface area contributed by atoms with Gasteiger partial charge in [-0.2, -0.15) is 0 Å². The summed E-state index contributed by atoms with van der Waals surface area (Å²) in [5.41, 5.74) is 2.53. The number of hydrogen-bond acceptors (Lipinski definition) is 2. The summed E-state index contributed by atoms with van der Waals surface area (Å²) < 4.78 is 5.93. The van der Waals surface area contributed by atoms with Gasteiger partial charge in [0.05, 0.1) is 0 Å². The van der Waals surface area contributed by atoms with E-state index in [1.54, 1.807) is 5.57 Å². The first-order chi connectivity index (χ1) is 16.0. The van der Waals surface area contributed by atoms with Crippen LogP contribution in [0.3, 0.4) is 0 Å². The first-order valence-corrected chi connectivity index (χ1v) is 14.9. The predicted molar refractivity (Wildman–Crippen MR) is 142 cm³/mol. The van der Waals surface area contributed by atoms with E-state index in [2.05, 4.69) is 54.5 Å². The van der Waals surface area contributed by atoms with Crippen molar-refractivity contribution < 1.29 is 9.53 Å². The minimum Gasteiger partial charge on any atom is -0.462 e. The lowest BCUT2D eigenvalue weighted by Gasteiger charge is -2.58. The molecule has 4 aliphatic carbocycles. The highest BCUT2D eigenvalue weighted by Gasteiger charge is 2.59. The zero-order valence-electron chi connectivity index (χ0n) is 23.5. The molecule has 0 amide bonds. The molecular formula is C32H54O2. The van der Waals surface area contributed by atoms with E-state index < -0.39 is 0 Å². The van der Waals surface area contributed by atoms with E-state index in [-0.39, 0.29) is 12.1 Å². The summed E-state index contributed by atoms with van der Waals surface area (Å²) in [5.74, 6) is 5.67. The third-order valence-corrected chi connectivity index (χ3v) is 11.1. The molecule has 3 unspecified atom stereocenters. The minimum atomic E-state index is 0.00540. The van der Waals surface area contributed by atoms with Crippen LogP contribution in [-0.4, -0.2) is 12.1 Å². The Kier molecular flexibility index (Phi) is 7.96. The van der Waals surface area contributed by atoms with Gasteiger partial charge in [-0.15, -0.1) is 0 Å². The Morgan fingerprint density at radius 1 is 0.971 bits per heavy atom. The van der Waals surface area contributed by atoms with Crippen molar-refractivity contribution in [3.8, 4) is 0 Å². The van der Waals surface area contributed by atoms with Crippen LogP contribution in [-0.2, 0) is 9.53 Å². The molecular weight excluding hydrogens is 416 g/mol. The fourth-order valence-electron chi connectivity index (χ4n) is 9.32. The largest absolute Gasteiger partial charge is 0.462 e. The Bertz CT molecular complexity index is 750. The number of hydrogen-bond donors (Lipinski definition) is 0. The summed E-state index contributed by atoms with van der Waals surface area (Å²) in [6, 6.07) is 0. The zero-order valence-corrected chi connectivity index (χ0v) is 23.5. The standard InChI is InChI=1S/C32H54O2/c1-21(2)9-8-10-23(5)27-13-14-28-26-12-11-24-20-25(34-30(33)19-22(3)4)15-17-31(24,6)29(26)16-18-32(27,28)7/h11,21-23,25-29H,8-10,12-20H2,1-7H3/t23-,25+,26?,27-,28?,29?,31+,32-/m1/s1. The second-order valence-electron chi connectivity index (χ2n) is 14.2. The van der Waals surface area contributed by atoms with E-state index in [9.17, 15) is 4.79 Å². The number of carbonyl (C=O) groups excluding carboxylic acids is 1. The molecule has 0 bridgehead atoms. The molecule has 0 radical (unpaired) electrons. The van der Waals surface area contributed by atoms with Crippen LogP contribution in [0.2, 0.25) is 0 Å². The number of rotatable bonds is 8. The molecule has 0 aromatic rings. The van der Waals surface area contributed by atoms with E-state index in [0.29, 0.717) is 23.2 Å². The molecule has 3 saturated carbocycles. The van der Waals surface area contributed by atoms with E-state index in [1.807, 2.05) is 0 Å². The van der Waals surface area contributed by atoms with Crippen molar-refractivity contribution in [2.45, 2.75) is 132 Å².